The Morgan fingerprint density at radius 2 is 2.17 bits per heavy atom. The van der Waals surface area contributed by atoms with E-state index in [1.807, 2.05) is 42.5 Å². The van der Waals surface area contributed by atoms with E-state index in [-0.39, 0.29) is 0 Å². The summed E-state index contributed by atoms with van der Waals surface area (Å²) >= 11 is 0. The van der Waals surface area contributed by atoms with Gasteiger partial charge < -0.3 is 21.2 Å². The quantitative estimate of drug-likeness (QED) is 0.373. The van der Waals surface area contributed by atoms with Gasteiger partial charge in [0.2, 0.25) is 0 Å². The molecule has 0 aliphatic carbocycles. The molecule has 0 amide bonds. The number of nitrogens with zero attached hydrogens (tertiary/aromatic N) is 3. The Bertz CT molecular complexity index is 1110. The summed E-state index contributed by atoms with van der Waals surface area (Å²) in [6.07, 6.45) is 10.1. The average molecular weight is 400 g/mol. The Labute approximate surface area is 175 Å². The first-order valence-corrected chi connectivity index (χ1v) is 9.43. The fourth-order valence-corrected chi connectivity index (χ4v) is 2.90. The molecule has 0 saturated heterocycles. The first-order valence-electron chi connectivity index (χ1n) is 9.43. The highest BCUT2D eigenvalue weighted by atomic mass is 16.5. The number of hydrogen-bond acceptors (Lipinski definition) is 7. The van der Waals surface area contributed by atoms with Crippen LogP contribution in [0.15, 0.2) is 78.7 Å². The second-order valence-electron chi connectivity index (χ2n) is 6.34. The van der Waals surface area contributed by atoms with E-state index in [1.54, 1.807) is 25.6 Å². The zero-order chi connectivity index (χ0) is 21.3. The number of nitrogens with one attached hydrogen (secondary N) is 2. The lowest BCUT2D eigenvalue weighted by Crippen LogP contribution is -2.06. The van der Waals surface area contributed by atoms with Crippen LogP contribution in [0.25, 0.3) is 22.3 Å². The van der Waals surface area contributed by atoms with E-state index in [4.69, 9.17) is 20.9 Å². The molecule has 0 unspecified atom stereocenters. The van der Waals surface area contributed by atoms with Gasteiger partial charge in [-0.25, -0.2) is 9.97 Å². The van der Waals surface area contributed by atoms with Crippen LogP contribution in [0.3, 0.4) is 0 Å². The molecule has 7 nitrogen and oxygen atoms in total. The van der Waals surface area contributed by atoms with E-state index < -0.39 is 0 Å². The Kier molecular flexibility index (Phi) is 7.02. The number of ether oxygens (including phenoxy) is 1. The molecule has 0 saturated carbocycles. The van der Waals surface area contributed by atoms with E-state index >= 15 is 0 Å². The number of anilines is 1. The molecule has 0 spiro atoms. The van der Waals surface area contributed by atoms with Gasteiger partial charge >= 0.3 is 0 Å². The maximum absolute atomic E-state index is 7.57. The lowest BCUT2D eigenvalue weighted by molar-refractivity contribution is 0.415. The maximum Gasteiger partial charge on any atom is 0.163 e. The van der Waals surface area contributed by atoms with Crippen LogP contribution in [0.4, 0.5) is 5.82 Å². The molecule has 2 aromatic heterocycles. The van der Waals surface area contributed by atoms with Crippen LogP contribution >= 0.6 is 0 Å². The number of aromatic nitrogens is 3. The van der Waals surface area contributed by atoms with Crippen molar-refractivity contribution in [1.29, 1.82) is 5.41 Å². The molecular weight excluding hydrogens is 376 g/mol. The van der Waals surface area contributed by atoms with Crippen molar-refractivity contribution in [2.45, 2.75) is 0 Å². The maximum atomic E-state index is 7.57. The standard InChI is InChI=1S/C23H24N6O/c1-3-16(13-24)17(14-25)6-5-11-27-23-20-12-19(30-2)8-9-21(20)28-22(29-23)18-7-4-10-26-15-18/h3-10,12,14-15,25H,1,11,13,24H2,2H3,(H,27,28,29)/b6-5-,17-16-,25-14?. The van der Waals surface area contributed by atoms with Crippen LogP contribution in [-0.2, 0) is 0 Å². The first kappa shape index (κ1) is 20.9. The van der Waals surface area contributed by atoms with Gasteiger partial charge in [0.25, 0.3) is 0 Å². The average Bonchev–Trinajstić information content (AvgIpc) is 2.81. The van der Waals surface area contributed by atoms with Gasteiger partial charge in [-0.3, -0.25) is 4.98 Å². The number of pyridine rings is 1. The summed E-state index contributed by atoms with van der Waals surface area (Å²) in [6, 6.07) is 9.46. The number of hydrogen-bond donors (Lipinski definition) is 3. The van der Waals surface area contributed by atoms with E-state index in [0.29, 0.717) is 24.7 Å². The highest BCUT2D eigenvalue weighted by Crippen LogP contribution is 2.27. The molecule has 1 aromatic carbocycles. The van der Waals surface area contributed by atoms with Gasteiger partial charge in [0.05, 0.1) is 12.6 Å². The van der Waals surface area contributed by atoms with Crippen molar-refractivity contribution >= 4 is 22.9 Å². The minimum absolute atomic E-state index is 0.330. The van der Waals surface area contributed by atoms with Crippen molar-refractivity contribution < 1.29 is 4.74 Å². The van der Waals surface area contributed by atoms with E-state index in [2.05, 4.69) is 21.9 Å². The first-order chi connectivity index (χ1) is 14.7. The smallest absolute Gasteiger partial charge is 0.163 e. The fourth-order valence-electron chi connectivity index (χ4n) is 2.90. The van der Waals surface area contributed by atoms with Gasteiger partial charge in [0.1, 0.15) is 11.6 Å². The molecule has 4 N–H and O–H groups in total. The van der Waals surface area contributed by atoms with Crippen LogP contribution in [0, 0.1) is 5.41 Å². The number of benzene rings is 1. The molecule has 0 bridgehead atoms. The minimum Gasteiger partial charge on any atom is -0.497 e. The summed E-state index contributed by atoms with van der Waals surface area (Å²) in [5, 5.41) is 11.8. The van der Waals surface area contributed by atoms with Gasteiger partial charge in [-0.15, -0.1) is 0 Å². The van der Waals surface area contributed by atoms with Crippen molar-refractivity contribution in [3.8, 4) is 17.1 Å². The van der Waals surface area contributed by atoms with Crippen molar-refractivity contribution in [2.75, 3.05) is 25.5 Å². The molecule has 3 rings (SSSR count). The summed E-state index contributed by atoms with van der Waals surface area (Å²) in [7, 11) is 1.63. The van der Waals surface area contributed by atoms with Crippen LogP contribution in [0.2, 0.25) is 0 Å². The molecule has 0 atom stereocenters. The van der Waals surface area contributed by atoms with Crippen LogP contribution in [-0.4, -0.2) is 41.4 Å². The zero-order valence-corrected chi connectivity index (χ0v) is 16.8. The lowest BCUT2D eigenvalue weighted by atomic mass is 10.1. The minimum atomic E-state index is 0.330. The highest BCUT2D eigenvalue weighted by molar-refractivity contribution is 5.91. The number of nitrogens with two attached hydrogens (primary N) is 1. The number of allylic oxidation sites excluding steroid dienone is 2. The molecule has 0 fully saturated rings. The largest absolute Gasteiger partial charge is 0.497 e. The van der Waals surface area contributed by atoms with Crippen LogP contribution < -0.4 is 15.8 Å². The zero-order valence-electron chi connectivity index (χ0n) is 16.8. The molecule has 0 radical (unpaired) electrons. The monoisotopic (exact) mass is 400 g/mol. The van der Waals surface area contributed by atoms with Crippen LogP contribution in [0.1, 0.15) is 0 Å². The molecule has 7 heteroatoms. The summed E-state index contributed by atoms with van der Waals surface area (Å²) < 4.78 is 5.36. The van der Waals surface area contributed by atoms with Crippen molar-refractivity contribution in [3.05, 3.63) is 78.7 Å². The third kappa shape index (κ3) is 4.76. The molecular formula is C23H24N6O. The lowest BCUT2D eigenvalue weighted by Gasteiger charge is -2.11. The predicted octanol–water partition coefficient (Wildman–Crippen LogP) is 3.76. The summed E-state index contributed by atoms with van der Waals surface area (Å²) in [5.41, 5.74) is 8.87. The van der Waals surface area contributed by atoms with Crippen molar-refractivity contribution in [3.63, 3.8) is 0 Å². The number of rotatable bonds is 9. The van der Waals surface area contributed by atoms with Gasteiger partial charge in [0.15, 0.2) is 5.82 Å². The SMILES string of the molecule is C=C/C(CN)=C(C=N)\C=C/CNc1nc(-c2cccnc2)nc2ccc(OC)cc12. The number of methoxy groups -OCH3 is 1. The Morgan fingerprint density at radius 3 is 2.83 bits per heavy atom. The molecule has 0 aliphatic heterocycles. The third-order valence-electron chi connectivity index (χ3n) is 4.50. The third-order valence-corrected chi connectivity index (χ3v) is 4.50. The summed E-state index contributed by atoms with van der Waals surface area (Å²) in [6.45, 7) is 4.57. The molecule has 2 heterocycles. The van der Waals surface area contributed by atoms with E-state index in [9.17, 15) is 0 Å². The molecule has 3 aromatic rings. The summed E-state index contributed by atoms with van der Waals surface area (Å²) in [4.78, 5) is 13.5. The van der Waals surface area contributed by atoms with Crippen molar-refractivity contribution in [2.24, 2.45) is 5.73 Å². The van der Waals surface area contributed by atoms with Gasteiger partial charge in [0, 0.05) is 42.6 Å². The highest BCUT2D eigenvalue weighted by Gasteiger charge is 2.10. The Hall–Kier alpha value is -3.84. The fraction of sp³-hybridized carbons (Fsp3) is 0.130. The van der Waals surface area contributed by atoms with Gasteiger partial charge in [-0.05, 0) is 41.5 Å². The second-order valence-corrected chi connectivity index (χ2v) is 6.34. The number of fused-ring (bicyclic) bond motifs is 1. The predicted molar refractivity (Wildman–Crippen MR) is 122 cm³/mol. The van der Waals surface area contributed by atoms with E-state index in [1.165, 1.54) is 6.21 Å². The van der Waals surface area contributed by atoms with Crippen molar-refractivity contribution in [1.82, 2.24) is 15.0 Å². The van der Waals surface area contributed by atoms with E-state index in [0.717, 1.165) is 33.4 Å². The topological polar surface area (TPSA) is 110 Å². The normalized spacial score (nSPS) is 11.9. The second kappa shape index (κ2) is 10.1. The Balaban J connectivity index is 1.94. The molecule has 30 heavy (non-hydrogen) atoms. The van der Waals surface area contributed by atoms with Gasteiger partial charge in [-0.2, -0.15) is 0 Å². The molecule has 0 aliphatic rings. The molecule has 152 valence electrons. The summed E-state index contributed by atoms with van der Waals surface area (Å²) in [5.74, 6) is 2.00. The Morgan fingerprint density at radius 1 is 1.30 bits per heavy atom. The van der Waals surface area contributed by atoms with Gasteiger partial charge in [-0.1, -0.05) is 24.8 Å². The van der Waals surface area contributed by atoms with Crippen LogP contribution in [0.5, 0.6) is 5.75 Å².